The van der Waals surface area contributed by atoms with Gasteiger partial charge in [0.25, 0.3) is 0 Å². The van der Waals surface area contributed by atoms with Crippen molar-refractivity contribution in [1.29, 1.82) is 0 Å². The van der Waals surface area contributed by atoms with Crippen LogP contribution in [0.1, 0.15) is 13.3 Å². The molecule has 0 heterocycles. The van der Waals surface area contributed by atoms with E-state index < -0.39 is 5.97 Å². The molecule has 0 amide bonds. The van der Waals surface area contributed by atoms with Crippen molar-refractivity contribution in [2.75, 3.05) is 0 Å². The summed E-state index contributed by atoms with van der Waals surface area (Å²) < 4.78 is 0. The van der Waals surface area contributed by atoms with E-state index in [0.29, 0.717) is 0 Å². The van der Waals surface area contributed by atoms with E-state index in [-0.39, 0.29) is 17.8 Å². The average molecular weight is 194 g/mol. The summed E-state index contributed by atoms with van der Waals surface area (Å²) in [5, 5.41) is 17.5. The monoisotopic (exact) mass is 194 g/mol. The smallest absolute Gasteiger partial charge is 0.331 e. The van der Waals surface area contributed by atoms with E-state index in [0.717, 1.165) is 5.57 Å². The second kappa shape index (κ2) is 5.80. The van der Waals surface area contributed by atoms with Gasteiger partial charge < -0.3 is 10.2 Å². The van der Waals surface area contributed by atoms with Crippen molar-refractivity contribution in [3.63, 3.8) is 0 Å². The van der Waals surface area contributed by atoms with Gasteiger partial charge in [-0.3, -0.25) is 0 Å². The lowest BCUT2D eigenvalue weighted by molar-refractivity contribution is -0.132. The number of aliphatic hydroxyl groups excluding tert-OH is 1. The van der Waals surface area contributed by atoms with E-state index in [2.05, 4.69) is 13.2 Å². The second-order valence-electron chi connectivity index (χ2n) is 2.84. The number of carbonyl (C=O) groups is 1. The zero-order valence-corrected chi connectivity index (χ0v) is 8.16. The second-order valence-corrected chi connectivity index (χ2v) is 2.84. The summed E-state index contributed by atoms with van der Waals surface area (Å²) >= 11 is 0. The first-order valence-electron chi connectivity index (χ1n) is 4.07. The van der Waals surface area contributed by atoms with E-state index >= 15 is 0 Å². The summed E-state index contributed by atoms with van der Waals surface area (Å²) in [5.41, 5.74) is 0.950. The molecular formula is C11H14O3. The third-order valence-electron chi connectivity index (χ3n) is 1.56. The average Bonchev–Trinajstić information content (AvgIpc) is 2.10. The van der Waals surface area contributed by atoms with Gasteiger partial charge in [-0.1, -0.05) is 31.4 Å². The van der Waals surface area contributed by atoms with Gasteiger partial charge in [0.1, 0.15) is 0 Å². The van der Waals surface area contributed by atoms with Gasteiger partial charge in [0.05, 0.1) is 5.76 Å². The first-order chi connectivity index (χ1) is 6.47. The highest BCUT2D eigenvalue weighted by atomic mass is 16.4. The lowest BCUT2D eigenvalue weighted by Crippen LogP contribution is -1.95. The minimum absolute atomic E-state index is 0.0255. The Kier molecular flexibility index (Phi) is 5.07. The first kappa shape index (κ1) is 12.2. The normalized spacial score (nSPS) is 12.4. The maximum atomic E-state index is 10.4. The van der Waals surface area contributed by atoms with Gasteiger partial charge in [-0.2, -0.15) is 0 Å². The maximum Gasteiger partial charge on any atom is 0.331 e. The maximum absolute atomic E-state index is 10.4. The first-order valence-corrected chi connectivity index (χ1v) is 4.07. The third-order valence-corrected chi connectivity index (χ3v) is 1.56. The van der Waals surface area contributed by atoms with Crippen LogP contribution in [-0.2, 0) is 4.79 Å². The van der Waals surface area contributed by atoms with Crippen LogP contribution >= 0.6 is 0 Å². The van der Waals surface area contributed by atoms with Crippen molar-refractivity contribution in [2.45, 2.75) is 13.3 Å². The minimum atomic E-state index is -0.965. The zero-order valence-electron chi connectivity index (χ0n) is 8.16. The van der Waals surface area contributed by atoms with E-state index in [1.807, 2.05) is 0 Å². The molecule has 0 aliphatic heterocycles. The van der Waals surface area contributed by atoms with Crippen LogP contribution in [0.25, 0.3) is 0 Å². The van der Waals surface area contributed by atoms with E-state index in [1.54, 1.807) is 12.2 Å². The van der Waals surface area contributed by atoms with E-state index in [9.17, 15) is 4.79 Å². The predicted octanol–water partition coefficient (Wildman–Crippen LogP) is 2.59. The number of carboxylic acid groups (broad SMARTS) is 1. The van der Waals surface area contributed by atoms with E-state index in [1.165, 1.54) is 13.0 Å². The molecule has 0 fully saturated rings. The lowest BCUT2D eigenvalue weighted by Gasteiger charge is -1.98. The van der Waals surface area contributed by atoms with Gasteiger partial charge >= 0.3 is 5.97 Å². The van der Waals surface area contributed by atoms with Crippen molar-refractivity contribution in [3.8, 4) is 0 Å². The molecule has 0 saturated heterocycles. The quantitative estimate of drug-likeness (QED) is 0.402. The topological polar surface area (TPSA) is 57.5 Å². The van der Waals surface area contributed by atoms with Crippen molar-refractivity contribution in [3.05, 3.63) is 48.3 Å². The molecular weight excluding hydrogens is 180 g/mol. The van der Waals surface area contributed by atoms with Crippen LogP contribution in [0.4, 0.5) is 0 Å². The van der Waals surface area contributed by atoms with E-state index in [4.69, 9.17) is 10.2 Å². The van der Waals surface area contributed by atoms with Gasteiger partial charge in [0.2, 0.25) is 0 Å². The van der Waals surface area contributed by atoms with Crippen molar-refractivity contribution in [2.24, 2.45) is 0 Å². The summed E-state index contributed by atoms with van der Waals surface area (Å²) in [6, 6.07) is 0. The number of hydrogen-bond acceptors (Lipinski definition) is 2. The molecule has 3 nitrogen and oxygen atoms in total. The van der Waals surface area contributed by atoms with Crippen LogP contribution in [0.2, 0.25) is 0 Å². The van der Waals surface area contributed by atoms with Crippen LogP contribution < -0.4 is 0 Å². The predicted molar refractivity (Wildman–Crippen MR) is 56.1 cm³/mol. The molecule has 0 rings (SSSR count). The number of rotatable bonds is 5. The molecule has 0 spiro atoms. The van der Waals surface area contributed by atoms with Gasteiger partial charge in [-0.25, -0.2) is 4.79 Å². The Hall–Kier alpha value is -1.77. The molecule has 0 bridgehead atoms. The fourth-order valence-corrected chi connectivity index (χ4v) is 0.738. The summed E-state index contributed by atoms with van der Waals surface area (Å²) in [7, 11) is 0. The number of carboxylic acids is 1. The largest absolute Gasteiger partial charge is 0.513 e. The Morgan fingerprint density at radius 2 is 1.93 bits per heavy atom. The highest BCUT2D eigenvalue weighted by molar-refractivity contribution is 5.86. The molecule has 0 atom stereocenters. The Labute approximate surface area is 83.4 Å². The summed E-state index contributed by atoms with van der Waals surface area (Å²) in [6.45, 7) is 8.37. The van der Waals surface area contributed by atoms with Crippen molar-refractivity contribution >= 4 is 5.97 Å². The van der Waals surface area contributed by atoms with Gasteiger partial charge in [-0.15, -0.1) is 0 Å². The fraction of sp³-hybridized carbons (Fsp3) is 0.182. The Balaban J connectivity index is 4.61. The summed E-state index contributed by atoms with van der Waals surface area (Å²) in [4.78, 5) is 10.4. The van der Waals surface area contributed by atoms with Gasteiger partial charge in [0.15, 0.2) is 0 Å². The minimum Gasteiger partial charge on any atom is -0.513 e. The van der Waals surface area contributed by atoms with Gasteiger partial charge in [-0.05, 0) is 12.5 Å². The van der Waals surface area contributed by atoms with Crippen LogP contribution in [0, 0.1) is 0 Å². The molecule has 0 aromatic carbocycles. The van der Waals surface area contributed by atoms with Crippen molar-refractivity contribution in [1.82, 2.24) is 0 Å². The highest BCUT2D eigenvalue weighted by Gasteiger charge is 1.98. The van der Waals surface area contributed by atoms with Crippen LogP contribution in [-0.4, -0.2) is 16.2 Å². The lowest BCUT2D eigenvalue weighted by atomic mass is 10.1. The standard InChI is InChI=1S/C11H14O3/c1-4-10(7-9(3)12)6-5-8(2)11(13)14/h4-6,12H,1,3,7H2,2H3,(H,13,14)/b8-5+,10-6-. The Morgan fingerprint density at radius 1 is 1.36 bits per heavy atom. The number of aliphatic carboxylic acids is 1. The molecule has 0 aromatic rings. The zero-order chi connectivity index (χ0) is 11.1. The molecule has 0 aliphatic rings. The molecule has 14 heavy (non-hydrogen) atoms. The summed E-state index contributed by atoms with van der Waals surface area (Å²) in [5.74, 6) is -0.940. The Morgan fingerprint density at radius 3 is 2.29 bits per heavy atom. The third kappa shape index (κ3) is 4.98. The van der Waals surface area contributed by atoms with Gasteiger partial charge in [0, 0.05) is 12.0 Å². The molecule has 0 aliphatic carbocycles. The van der Waals surface area contributed by atoms with Crippen LogP contribution in [0.15, 0.2) is 48.3 Å². The van der Waals surface area contributed by atoms with Crippen LogP contribution in [0.3, 0.4) is 0 Å². The molecule has 0 saturated carbocycles. The molecule has 0 radical (unpaired) electrons. The molecule has 2 N–H and O–H groups in total. The van der Waals surface area contributed by atoms with Crippen molar-refractivity contribution < 1.29 is 15.0 Å². The number of aliphatic hydroxyl groups is 1. The highest BCUT2D eigenvalue weighted by Crippen LogP contribution is 2.08. The summed E-state index contributed by atoms with van der Waals surface area (Å²) in [6.07, 6.45) is 4.89. The molecule has 76 valence electrons. The number of allylic oxidation sites excluding steroid dienone is 4. The SMILES string of the molecule is C=C/C(=C/C=C(\C)C(=O)O)CC(=C)O. The van der Waals surface area contributed by atoms with Crippen LogP contribution in [0.5, 0.6) is 0 Å². The number of hydrogen-bond donors (Lipinski definition) is 2. The molecule has 0 aromatic heterocycles. The fourth-order valence-electron chi connectivity index (χ4n) is 0.738. The Bertz CT molecular complexity index is 308. The molecule has 3 heteroatoms. The molecule has 0 unspecified atom stereocenters.